The lowest BCUT2D eigenvalue weighted by Crippen LogP contribution is -2.10. The van der Waals surface area contributed by atoms with Gasteiger partial charge in [0.25, 0.3) is 5.91 Å². The van der Waals surface area contributed by atoms with Crippen molar-refractivity contribution in [3.8, 4) is 17.0 Å². The standard InChI is InChI=1S/C17H20N2O2S/c1-2-21-15-8-7-12(11-5-3-4-6-11)9-13(15)14-10-22-17(19-14)16(18)20/h7-11H,2-6H2,1H3,(H2,18,20). The topological polar surface area (TPSA) is 65.2 Å². The number of hydrogen-bond acceptors (Lipinski definition) is 4. The van der Waals surface area contributed by atoms with E-state index in [-0.39, 0.29) is 0 Å². The van der Waals surface area contributed by atoms with E-state index in [0.29, 0.717) is 17.5 Å². The van der Waals surface area contributed by atoms with Gasteiger partial charge in [-0.2, -0.15) is 0 Å². The number of aromatic nitrogens is 1. The summed E-state index contributed by atoms with van der Waals surface area (Å²) in [6.07, 6.45) is 5.10. The van der Waals surface area contributed by atoms with Crippen LogP contribution < -0.4 is 10.5 Å². The van der Waals surface area contributed by atoms with E-state index in [9.17, 15) is 4.79 Å². The minimum absolute atomic E-state index is 0.337. The first-order valence-corrected chi connectivity index (χ1v) is 8.59. The van der Waals surface area contributed by atoms with E-state index in [0.717, 1.165) is 17.0 Å². The average molecular weight is 316 g/mol. The van der Waals surface area contributed by atoms with Crippen molar-refractivity contribution in [1.29, 1.82) is 0 Å². The van der Waals surface area contributed by atoms with E-state index in [1.165, 1.54) is 42.6 Å². The predicted molar refractivity (Wildman–Crippen MR) is 88.4 cm³/mol. The number of carbonyl (C=O) groups excluding carboxylic acids is 1. The first-order valence-electron chi connectivity index (χ1n) is 7.71. The molecule has 1 amide bonds. The summed E-state index contributed by atoms with van der Waals surface area (Å²) in [5.41, 5.74) is 8.37. The van der Waals surface area contributed by atoms with Crippen molar-refractivity contribution in [2.45, 2.75) is 38.5 Å². The van der Waals surface area contributed by atoms with Gasteiger partial charge in [0.1, 0.15) is 5.75 Å². The summed E-state index contributed by atoms with van der Waals surface area (Å²) in [4.78, 5) is 15.6. The highest BCUT2D eigenvalue weighted by molar-refractivity contribution is 7.12. The number of ether oxygens (including phenoxy) is 1. The molecule has 1 aromatic carbocycles. The molecule has 22 heavy (non-hydrogen) atoms. The van der Waals surface area contributed by atoms with Gasteiger partial charge < -0.3 is 10.5 Å². The SMILES string of the molecule is CCOc1ccc(C2CCCC2)cc1-c1csc(C(N)=O)n1. The number of rotatable bonds is 5. The Hall–Kier alpha value is -1.88. The van der Waals surface area contributed by atoms with Gasteiger partial charge in [0.2, 0.25) is 0 Å². The van der Waals surface area contributed by atoms with Crippen LogP contribution in [0.2, 0.25) is 0 Å². The molecule has 1 saturated carbocycles. The molecule has 1 aliphatic rings. The lowest BCUT2D eigenvalue weighted by molar-refractivity contribution is 0.1000. The minimum atomic E-state index is -0.485. The first kappa shape index (κ1) is 15.0. The Balaban J connectivity index is 2.00. The van der Waals surface area contributed by atoms with Crippen LogP contribution in [0.4, 0.5) is 0 Å². The van der Waals surface area contributed by atoms with Crippen molar-refractivity contribution < 1.29 is 9.53 Å². The summed E-state index contributed by atoms with van der Waals surface area (Å²) >= 11 is 1.28. The fourth-order valence-electron chi connectivity index (χ4n) is 3.05. The Morgan fingerprint density at radius 2 is 2.18 bits per heavy atom. The Labute approximate surface area is 134 Å². The Morgan fingerprint density at radius 3 is 2.82 bits per heavy atom. The Bertz CT molecular complexity index is 675. The first-order chi connectivity index (χ1) is 10.7. The van der Waals surface area contributed by atoms with Crippen LogP contribution >= 0.6 is 11.3 Å². The molecule has 0 bridgehead atoms. The smallest absolute Gasteiger partial charge is 0.277 e. The van der Waals surface area contributed by atoms with Crippen molar-refractivity contribution in [2.75, 3.05) is 6.61 Å². The second-order valence-corrected chi connectivity index (χ2v) is 6.43. The lowest BCUT2D eigenvalue weighted by atomic mass is 9.95. The van der Waals surface area contributed by atoms with Gasteiger partial charge >= 0.3 is 0 Å². The summed E-state index contributed by atoms with van der Waals surface area (Å²) in [5, 5.41) is 2.21. The number of benzene rings is 1. The molecule has 116 valence electrons. The van der Waals surface area contributed by atoms with Crippen LogP contribution in [0.25, 0.3) is 11.3 Å². The Morgan fingerprint density at radius 1 is 1.41 bits per heavy atom. The molecule has 0 unspecified atom stereocenters. The van der Waals surface area contributed by atoms with Gasteiger partial charge in [-0.1, -0.05) is 18.9 Å². The predicted octanol–water partition coefficient (Wildman–Crippen LogP) is 3.97. The summed E-state index contributed by atoms with van der Waals surface area (Å²) in [6, 6.07) is 6.35. The fraction of sp³-hybridized carbons (Fsp3) is 0.412. The molecule has 2 aromatic rings. The van der Waals surface area contributed by atoms with Gasteiger partial charge in [0, 0.05) is 10.9 Å². The van der Waals surface area contributed by atoms with E-state index in [1.54, 1.807) is 0 Å². The van der Waals surface area contributed by atoms with E-state index >= 15 is 0 Å². The van der Waals surface area contributed by atoms with Crippen LogP contribution in [0.3, 0.4) is 0 Å². The third-order valence-corrected chi connectivity index (χ3v) is 4.98. The average Bonchev–Trinajstić information content (AvgIpc) is 3.20. The maximum atomic E-state index is 11.3. The van der Waals surface area contributed by atoms with Crippen LogP contribution in [-0.4, -0.2) is 17.5 Å². The van der Waals surface area contributed by atoms with E-state index in [4.69, 9.17) is 10.5 Å². The fourth-order valence-corrected chi connectivity index (χ4v) is 3.72. The molecule has 2 N–H and O–H groups in total. The minimum Gasteiger partial charge on any atom is -0.493 e. The molecule has 1 aromatic heterocycles. The molecule has 4 nitrogen and oxygen atoms in total. The second-order valence-electron chi connectivity index (χ2n) is 5.57. The third kappa shape index (κ3) is 2.99. The van der Waals surface area contributed by atoms with E-state index in [1.807, 2.05) is 18.4 Å². The molecule has 0 spiro atoms. The summed E-state index contributed by atoms with van der Waals surface area (Å²) in [5.74, 6) is 0.954. The van der Waals surface area contributed by atoms with Crippen LogP contribution in [-0.2, 0) is 0 Å². The number of nitrogens with two attached hydrogens (primary N) is 1. The van der Waals surface area contributed by atoms with Gasteiger partial charge in [-0.3, -0.25) is 4.79 Å². The lowest BCUT2D eigenvalue weighted by Gasteiger charge is -2.14. The summed E-state index contributed by atoms with van der Waals surface area (Å²) < 4.78 is 5.73. The number of nitrogens with zero attached hydrogens (tertiary/aromatic N) is 1. The molecule has 1 heterocycles. The molecule has 0 aliphatic heterocycles. The molecule has 5 heteroatoms. The van der Waals surface area contributed by atoms with Crippen molar-refractivity contribution in [2.24, 2.45) is 5.73 Å². The highest BCUT2D eigenvalue weighted by Crippen LogP contribution is 2.39. The zero-order valence-electron chi connectivity index (χ0n) is 12.7. The van der Waals surface area contributed by atoms with Gasteiger partial charge in [-0.15, -0.1) is 11.3 Å². The third-order valence-electron chi connectivity index (χ3n) is 4.12. The molecule has 0 radical (unpaired) electrons. The normalized spacial score (nSPS) is 15.1. The van der Waals surface area contributed by atoms with Gasteiger partial charge in [-0.05, 0) is 43.4 Å². The van der Waals surface area contributed by atoms with Crippen LogP contribution in [0.1, 0.15) is 53.9 Å². The number of carbonyl (C=O) groups is 1. The number of primary amides is 1. The maximum absolute atomic E-state index is 11.3. The highest BCUT2D eigenvalue weighted by atomic mass is 32.1. The zero-order chi connectivity index (χ0) is 15.5. The van der Waals surface area contributed by atoms with Crippen molar-refractivity contribution in [3.63, 3.8) is 0 Å². The van der Waals surface area contributed by atoms with Gasteiger partial charge in [0.05, 0.1) is 12.3 Å². The van der Waals surface area contributed by atoms with Crippen molar-refractivity contribution in [1.82, 2.24) is 4.98 Å². The molecule has 3 rings (SSSR count). The molecule has 0 atom stereocenters. The monoisotopic (exact) mass is 316 g/mol. The maximum Gasteiger partial charge on any atom is 0.277 e. The number of amides is 1. The molecular formula is C17H20N2O2S. The van der Waals surface area contributed by atoms with Crippen LogP contribution in [0, 0.1) is 0 Å². The zero-order valence-corrected chi connectivity index (χ0v) is 13.5. The molecular weight excluding hydrogens is 296 g/mol. The van der Waals surface area contributed by atoms with Gasteiger partial charge in [0.15, 0.2) is 5.01 Å². The molecule has 1 fully saturated rings. The second kappa shape index (κ2) is 6.48. The van der Waals surface area contributed by atoms with Crippen LogP contribution in [0.15, 0.2) is 23.6 Å². The largest absolute Gasteiger partial charge is 0.493 e. The van der Waals surface area contributed by atoms with Gasteiger partial charge in [-0.25, -0.2) is 4.98 Å². The quantitative estimate of drug-likeness (QED) is 0.908. The summed E-state index contributed by atoms with van der Waals surface area (Å²) in [6.45, 7) is 2.56. The Kier molecular flexibility index (Phi) is 4.43. The summed E-state index contributed by atoms with van der Waals surface area (Å²) in [7, 11) is 0. The number of thiazole rings is 1. The van der Waals surface area contributed by atoms with Crippen LogP contribution in [0.5, 0.6) is 5.75 Å². The molecule has 0 saturated heterocycles. The molecule has 1 aliphatic carbocycles. The number of hydrogen-bond donors (Lipinski definition) is 1. The van der Waals surface area contributed by atoms with E-state index in [2.05, 4.69) is 17.1 Å². The highest BCUT2D eigenvalue weighted by Gasteiger charge is 2.20. The van der Waals surface area contributed by atoms with Crippen molar-refractivity contribution >= 4 is 17.2 Å². The van der Waals surface area contributed by atoms with E-state index < -0.39 is 5.91 Å². The van der Waals surface area contributed by atoms with Crippen molar-refractivity contribution in [3.05, 3.63) is 34.2 Å².